The van der Waals surface area contributed by atoms with Crippen molar-refractivity contribution in [1.82, 2.24) is 9.80 Å². The molecule has 1 fully saturated rings. The summed E-state index contributed by atoms with van der Waals surface area (Å²) in [6, 6.07) is 2.22. The standard InChI is InChI=1S/C15H26BrN3S/c1-3-19-7-4-5-15(12-17,6-8-19)18(2)10-14-9-13(16)11-20-14/h9,11H,3-8,10,12,17H2,1-2H3. The first-order valence-electron chi connectivity index (χ1n) is 7.46. The number of hydrogen-bond donors (Lipinski definition) is 1. The summed E-state index contributed by atoms with van der Waals surface area (Å²) in [6.45, 7) is 7.56. The van der Waals surface area contributed by atoms with Crippen LogP contribution in [0.25, 0.3) is 0 Å². The van der Waals surface area contributed by atoms with Gasteiger partial charge in [-0.3, -0.25) is 4.90 Å². The van der Waals surface area contributed by atoms with Crippen LogP contribution in [0.5, 0.6) is 0 Å². The molecule has 2 N–H and O–H groups in total. The fourth-order valence-electron chi connectivity index (χ4n) is 3.13. The van der Waals surface area contributed by atoms with Crippen LogP contribution in [-0.4, -0.2) is 48.6 Å². The van der Waals surface area contributed by atoms with E-state index in [-0.39, 0.29) is 5.54 Å². The second-order valence-electron chi connectivity index (χ2n) is 5.80. The van der Waals surface area contributed by atoms with E-state index in [0.717, 1.165) is 19.6 Å². The lowest BCUT2D eigenvalue weighted by molar-refractivity contribution is 0.100. The van der Waals surface area contributed by atoms with E-state index in [1.165, 1.54) is 41.7 Å². The van der Waals surface area contributed by atoms with Gasteiger partial charge < -0.3 is 10.6 Å². The molecule has 0 saturated carbocycles. The van der Waals surface area contributed by atoms with Gasteiger partial charge in [0, 0.05) is 33.4 Å². The summed E-state index contributed by atoms with van der Waals surface area (Å²) >= 11 is 5.36. The molecule has 0 amide bonds. The number of rotatable bonds is 5. The maximum atomic E-state index is 6.19. The number of halogens is 1. The number of likely N-dealkylation sites (tertiary alicyclic amines) is 1. The Bertz CT molecular complexity index is 423. The van der Waals surface area contributed by atoms with Gasteiger partial charge >= 0.3 is 0 Å². The normalized spacial score (nSPS) is 25.1. The van der Waals surface area contributed by atoms with Crippen molar-refractivity contribution in [3.05, 3.63) is 20.8 Å². The Labute approximate surface area is 135 Å². The van der Waals surface area contributed by atoms with Crippen molar-refractivity contribution in [2.45, 2.75) is 38.3 Å². The molecule has 0 aromatic carbocycles. The third-order valence-electron chi connectivity index (χ3n) is 4.66. The highest BCUT2D eigenvalue weighted by molar-refractivity contribution is 9.10. The molecular weight excluding hydrogens is 334 g/mol. The number of hydrogen-bond acceptors (Lipinski definition) is 4. The molecule has 114 valence electrons. The van der Waals surface area contributed by atoms with Crippen LogP contribution in [0.4, 0.5) is 0 Å². The smallest absolute Gasteiger partial charge is 0.0345 e. The van der Waals surface area contributed by atoms with Crippen LogP contribution < -0.4 is 5.73 Å². The first-order valence-corrected chi connectivity index (χ1v) is 9.13. The number of thiophene rings is 1. The van der Waals surface area contributed by atoms with E-state index in [1.54, 1.807) is 0 Å². The number of likely N-dealkylation sites (N-methyl/N-ethyl adjacent to an activating group) is 1. The Balaban J connectivity index is 2.05. The Hall–Kier alpha value is 0.0600. The quantitative estimate of drug-likeness (QED) is 0.876. The molecule has 2 rings (SSSR count). The summed E-state index contributed by atoms with van der Waals surface area (Å²) in [7, 11) is 2.24. The molecule has 2 heterocycles. The van der Waals surface area contributed by atoms with E-state index < -0.39 is 0 Å². The molecule has 3 nitrogen and oxygen atoms in total. The minimum absolute atomic E-state index is 0.167. The number of nitrogens with zero attached hydrogens (tertiary/aromatic N) is 2. The highest BCUT2D eigenvalue weighted by atomic mass is 79.9. The third-order valence-corrected chi connectivity index (χ3v) is 6.34. The minimum atomic E-state index is 0.167. The van der Waals surface area contributed by atoms with E-state index in [4.69, 9.17) is 5.73 Å². The lowest BCUT2D eigenvalue weighted by Gasteiger charge is -2.40. The van der Waals surface area contributed by atoms with Crippen molar-refractivity contribution in [3.63, 3.8) is 0 Å². The molecule has 0 spiro atoms. The minimum Gasteiger partial charge on any atom is -0.329 e. The fraction of sp³-hybridized carbons (Fsp3) is 0.733. The predicted molar refractivity (Wildman–Crippen MR) is 91.2 cm³/mol. The summed E-state index contributed by atoms with van der Waals surface area (Å²) in [5, 5.41) is 2.16. The average Bonchev–Trinajstić information content (AvgIpc) is 2.74. The maximum absolute atomic E-state index is 6.19. The molecule has 0 radical (unpaired) electrons. The van der Waals surface area contributed by atoms with E-state index in [0.29, 0.717) is 0 Å². The van der Waals surface area contributed by atoms with Crippen LogP contribution in [0, 0.1) is 0 Å². The van der Waals surface area contributed by atoms with E-state index >= 15 is 0 Å². The highest BCUT2D eigenvalue weighted by Gasteiger charge is 2.35. The summed E-state index contributed by atoms with van der Waals surface area (Å²) < 4.78 is 1.19. The van der Waals surface area contributed by atoms with Crippen molar-refractivity contribution >= 4 is 27.3 Å². The molecule has 5 heteroatoms. The van der Waals surface area contributed by atoms with Crippen molar-refractivity contribution in [2.24, 2.45) is 5.73 Å². The molecule has 1 unspecified atom stereocenters. The van der Waals surface area contributed by atoms with Crippen LogP contribution in [0.3, 0.4) is 0 Å². The molecule has 1 aliphatic heterocycles. The van der Waals surface area contributed by atoms with Gasteiger partial charge in [-0.05, 0) is 67.9 Å². The monoisotopic (exact) mass is 359 g/mol. The summed E-state index contributed by atoms with van der Waals surface area (Å²) in [5.74, 6) is 0. The topological polar surface area (TPSA) is 32.5 Å². The van der Waals surface area contributed by atoms with Crippen LogP contribution >= 0.6 is 27.3 Å². The second kappa shape index (κ2) is 7.36. The lowest BCUT2D eigenvalue weighted by atomic mass is 9.89. The zero-order chi connectivity index (χ0) is 14.6. The highest BCUT2D eigenvalue weighted by Crippen LogP contribution is 2.30. The zero-order valence-electron chi connectivity index (χ0n) is 12.6. The molecule has 0 bridgehead atoms. The molecule has 0 aliphatic carbocycles. The van der Waals surface area contributed by atoms with Gasteiger partial charge in [0.2, 0.25) is 0 Å². The van der Waals surface area contributed by atoms with Gasteiger partial charge in [0.1, 0.15) is 0 Å². The van der Waals surface area contributed by atoms with Crippen molar-refractivity contribution < 1.29 is 0 Å². The van der Waals surface area contributed by atoms with Gasteiger partial charge in [-0.15, -0.1) is 11.3 Å². The Morgan fingerprint density at radius 1 is 1.45 bits per heavy atom. The Morgan fingerprint density at radius 2 is 2.25 bits per heavy atom. The molecule has 1 atom stereocenters. The van der Waals surface area contributed by atoms with Gasteiger partial charge in [0.25, 0.3) is 0 Å². The van der Waals surface area contributed by atoms with Crippen molar-refractivity contribution in [3.8, 4) is 0 Å². The van der Waals surface area contributed by atoms with E-state index in [1.807, 2.05) is 11.3 Å². The first-order chi connectivity index (χ1) is 9.59. The Morgan fingerprint density at radius 3 is 2.85 bits per heavy atom. The summed E-state index contributed by atoms with van der Waals surface area (Å²) in [4.78, 5) is 6.45. The zero-order valence-corrected chi connectivity index (χ0v) is 15.0. The van der Waals surface area contributed by atoms with Crippen LogP contribution in [-0.2, 0) is 6.54 Å². The Kier molecular flexibility index (Phi) is 6.05. The second-order valence-corrected chi connectivity index (χ2v) is 7.72. The van der Waals surface area contributed by atoms with Gasteiger partial charge in [0.15, 0.2) is 0 Å². The van der Waals surface area contributed by atoms with Crippen molar-refractivity contribution in [2.75, 3.05) is 33.2 Å². The lowest BCUT2D eigenvalue weighted by Crippen LogP contribution is -2.52. The summed E-state index contributed by atoms with van der Waals surface area (Å²) in [6.07, 6.45) is 3.65. The molecule has 1 saturated heterocycles. The first kappa shape index (κ1) is 16.4. The van der Waals surface area contributed by atoms with Gasteiger partial charge in [-0.1, -0.05) is 6.92 Å². The van der Waals surface area contributed by atoms with E-state index in [9.17, 15) is 0 Å². The third kappa shape index (κ3) is 3.83. The number of nitrogens with two attached hydrogens (primary N) is 1. The predicted octanol–water partition coefficient (Wildman–Crippen LogP) is 3.15. The largest absolute Gasteiger partial charge is 0.329 e. The summed E-state index contributed by atoms with van der Waals surface area (Å²) in [5.41, 5.74) is 6.36. The fourth-order valence-corrected chi connectivity index (χ4v) is 4.63. The SMILES string of the molecule is CCN1CCCC(CN)(N(C)Cc2cc(Br)cs2)CC1. The van der Waals surface area contributed by atoms with Crippen LogP contribution in [0.15, 0.2) is 15.9 Å². The van der Waals surface area contributed by atoms with Crippen LogP contribution in [0.2, 0.25) is 0 Å². The van der Waals surface area contributed by atoms with Gasteiger partial charge in [-0.2, -0.15) is 0 Å². The van der Waals surface area contributed by atoms with Gasteiger partial charge in [-0.25, -0.2) is 0 Å². The average molecular weight is 360 g/mol. The maximum Gasteiger partial charge on any atom is 0.0345 e. The van der Waals surface area contributed by atoms with Crippen molar-refractivity contribution in [1.29, 1.82) is 0 Å². The van der Waals surface area contributed by atoms with Gasteiger partial charge in [0.05, 0.1) is 0 Å². The molecule has 1 aromatic rings. The molecule has 1 aromatic heterocycles. The van der Waals surface area contributed by atoms with Crippen LogP contribution in [0.1, 0.15) is 31.1 Å². The molecule has 1 aliphatic rings. The van der Waals surface area contributed by atoms with E-state index in [2.05, 4.69) is 51.1 Å². The molecular formula is C15H26BrN3S. The molecule has 20 heavy (non-hydrogen) atoms.